The number of nitrogens with two attached hydrogens (primary N) is 1. The Labute approximate surface area is 153 Å². The molecule has 1 aromatic rings. The molecule has 0 bridgehead atoms. The van der Waals surface area contributed by atoms with E-state index >= 15 is 0 Å². The van der Waals surface area contributed by atoms with E-state index in [4.69, 9.17) is 5.73 Å². The topological polar surface area (TPSA) is 113 Å². The maximum Gasteiger partial charge on any atom is 0.251 e. The van der Waals surface area contributed by atoms with Crippen LogP contribution in [0.4, 0.5) is 5.69 Å². The van der Waals surface area contributed by atoms with Gasteiger partial charge in [0.05, 0.1) is 6.54 Å². The van der Waals surface area contributed by atoms with Crippen LogP contribution in [0.1, 0.15) is 36.0 Å². The minimum absolute atomic E-state index is 0. The lowest BCUT2D eigenvalue weighted by molar-refractivity contribution is -0.117. The third kappa shape index (κ3) is 7.53. The molecule has 7 nitrogen and oxygen atoms in total. The zero-order valence-electron chi connectivity index (χ0n) is 14.0. The van der Waals surface area contributed by atoms with Crippen molar-refractivity contribution in [1.82, 2.24) is 10.6 Å². The molecule has 1 aliphatic rings. The number of nitrogens with one attached hydrogen (secondary N) is 3. The van der Waals surface area contributed by atoms with E-state index in [0.717, 1.165) is 32.4 Å². The lowest BCUT2D eigenvalue weighted by atomic mass is 9.93. The average molecular weight is 369 g/mol. The van der Waals surface area contributed by atoms with Gasteiger partial charge in [-0.05, 0) is 62.5 Å². The number of carbonyl (C=O) groups is 3. The summed E-state index contributed by atoms with van der Waals surface area (Å²) in [7, 11) is 0. The molecular formula is C17H25ClN4O3. The number of carbonyl (C=O) groups excluding carboxylic acids is 3. The van der Waals surface area contributed by atoms with Gasteiger partial charge in [-0.3, -0.25) is 14.4 Å². The van der Waals surface area contributed by atoms with Crippen LogP contribution in [0.3, 0.4) is 0 Å². The summed E-state index contributed by atoms with van der Waals surface area (Å²) in [6.07, 6.45) is 3.66. The number of benzene rings is 1. The molecule has 5 N–H and O–H groups in total. The van der Waals surface area contributed by atoms with Gasteiger partial charge in [0.15, 0.2) is 0 Å². The predicted octanol–water partition coefficient (Wildman–Crippen LogP) is 1.04. The maximum absolute atomic E-state index is 12.0. The molecule has 2 rings (SSSR count). The summed E-state index contributed by atoms with van der Waals surface area (Å²) in [5, 5.41) is 8.56. The number of anilines is 1. The van der Waals surface area contributed by atoms with E-state index in [9.17, 15) is 14.4 Å². The molecule has 0 radical (unpaired) electrons. The Morgan fingerprint density at radius 1 is 1.12 bits per heavy atom. The standard InChI is InChI=1S/C17H24N4O3.ClH/c18-15(22)11-20-17(24)13-2-4-14(5-3-13)21-16(23)6-1-12-7-9-19-10-8-12;/h2-5,12,19H,1,6-11H2,(H2,18,22)(H,20,24)(H,21,23);1H. The van der Waals surface area contributed by atoms with E-state index in [1.807, 2.05) is 0 Å². The van der Waals surface area contributed by atoms with E-state index < -0.39 is 5.91 Å². The number of primary amides is 1. The minimum Gasteiger partial charge on any atom is -0.368 e. The molecule has 0 aliphatic carbocycles. The summed E-state index contributed by atoms with van der Waals surface area (Å²) in [5.41, 5.74) is 6.03. The fraction of sp³-hybridized carbons (Fsp3) is 0.471. The Balaban J connectivity index is 0.00000312. The molecule has 1 aromatic carbocycles. The summed E-state index contributed by atoms with van der Waals surface area (Å²) < 4.78 is 0. The highest BCUT2D eigenvalue weighted by Crippen LogP contribution is 2.18. The van der Waals surface area contributed by atoms with Crippen LogP contribution in [-0.2, 0) is 9.59 Å². The predicted molar refractivity (Wildman–Crippen MR) is 98.7 cm³/mol. The zero-order chi connectivity index (χ0) is 17.4. The Kier molecular flexibility index (Phi) is 8.94. The van der Waals surface area contributed by atoms with E-state index in [-0.39, 0.29) is 30.8 Å². The van der Waals surface area contributed by atoms with Crippen LogP contribution in [-0.4, -0.2) is 37.4 Å². The van der Waals surface area contributed by atoms with Crippen molar-refractivity contribution in [2.24, 2.45) is 11.7 Å². The van der Waals surface area contributed by atoms with Gasteiger partial charge in [-0.15, -0.1) is 12.4 Å². The van der Waals surface area contributed by atoms with Crippen LogP contribution in [0.5, 0.6) is 0 Å². The Morgan fingerprint density at radius 3 is 2.36 bits per heavy atom. The van der Waals surface area contributed by atoms with Gasteiger partial charge in [-0.2, -0.15) is 0 Å². The number of rotatable bonds is 7. The molecule has 1 fully saturated rings. The first-order chi connectivity index (χ1) is 11.5. The van der Waals surface area contributed by atoms with Crippen LogP contribution >= 0.6 is 12.4 Å². The average Bonchev–Trinajstić information content (AvgIpc) is 2.59. The van der Waals surface area contributed by atoms with Crippen LogP contribution in [0.2, 0.25) is 0 Å². The van der Waals surface area contributed by atoms with E-state index in [1.54, 1.807) is 24.3 Å². The number of amides is 3. The second kappa shape index (κ2) is 10.7. The minimum atomic E-state index is -0.596. The monoisotopic (exact) mass is 368 g/mol. The molecule has 0 atom stereocenters. The van der Waals surface area contributed by atoms with Crippen molar-refractivity contribution in [3.05, 3.63) is 29.8 Å². The van der Waals surface area contributed by atoms with Gasteiger partial charge in [-0.25, -0.2) is 0 Å². The number of hydrogen-bond acceptors (Lipinski definition) is 4. The molecule has 0 saturated carbocycles. The molecule has 0 aromatic heterocycles. The lowest BCUT2D eigenvalue weighted by Crippen LogP contribution is -2.33. The largest absolute Gasteiger partial charge is 0.368 e. The van der Waals surface area contributed by atoms with Crippen molar-refractivity contribution >= 4 is 35.8 Å². The molecule has 0 spiro atoms. The first kappa shape index (κ1) is 20.9. The molecular weight excluding hydrogens is 344 g/mol. The highest BCUT2D eigenvalue weighted by atomic mass is 35.5. The van der Waals surface area contributed by atoms with Crippen molar-refractivity contribution < 1.29 is 14.4 Å². The van der Waals surface area contributed by atoms with E-state index in [2.05, 4.69) is 16.0 Å². The van der Waals surface area contributed by atoms with Crippen LogP contribution in [0, 0.1) is 5.92 Å². The molecule has 25 heavy (non-hydrogen) atoms. The third-order valence-electron chi connectivity index (χ3n) is 4.09. The molecule has 138 valence electrons. The van der Waals surface area contributed by atoms with Gasteiger partial charge in [0.1, 0.15) is 0 Å². The molecule has 1 saturated heterocycles. The molecule has 0 unspecified atom stereocenters. The number of hydrogen-bond donors (Lipinski definition) is 4. The quantitative estimate of drug-likeness (QED) is 0.575. The van der Waals surface area contributed by atoms with Gasteiger partial charge >= 0.3 is 0 Å². The second-order valence-corrected chi connectivity index (χ2v) is 6.01. The van der Waals surface area contributed by atoms with Crippen molar-refractivity contribution in [3.63, 3.8) is 0 Å². The van der Waals surface area contributed by atoms with Crippen LogP contribution in [0.25, 0.3) is 0 Å². The lowest BCUT2D eigenvalue weighted by Gasteiger charge is -2.22. The van der Waals surface area contributed by atoms with Crippen LogP contribution in [0.15, 0.2) is 24.3 Å². The zero-order valence-corrected chi connectivity index (χ0v) is 14.9. The second-order valence-electron chi connectivity index (χ2n) is 6.01. The highest BCUT2D eigenvalue weighted by Gasteiger charge is 2.14. The Hall–Kier alpha value is -2.12. The van der Waals surface area contributed by atoms with Crippen molar-refractivity contribution in [3.8, 4) is 0 Å². The summed E-state index contributed by atoms with van der Waals surface area (Å²) in [6.45, 7) is 1.87. The summed E-state index contributed by atoms with van der Waals surface area (Å²) in [6, 6.07) is 6.53. The van der Waals surface area contributed by atoms with E-state index in [0.29, 0.717) is 23.6 Å². The smallest absolute Gasteiger partial charge is 0.251 e. The summed E-state index contributed by atoms with van der Waals surface area (Å²) >= 11 is 0. The Bertz CT molecular complexity index is 586. The first-order valence-corrected chi connectivity index (χ1v) is 8.21. The SMILES string of the molecule is Cl.NC(=O)CNC(=O)c1ccc(NC(=O)CCC2CCNCC2)cc1. The fourth-order valence-corrected chi connectivity index (χ4v) is 2.70. The first-order valence-electron chi connectivity index (χ1n) is 8.21. The third-order valence-corrected chi connectivity index (χ3v) is 4.09. The van der Waals surface area contributed by atoms with Gasteiger partial charge in [0.25, 0.3) is 5.91 Å². The van der Waals surface area contributed by atoms with E-state index in [1.165, 1.54) is 0 Å². The van der Waals surface area contributed by atoms with Gasteiger partial charge in [0, 0.05) is 17.7 Å². The summed E-state index contributed by atoms with van der Waals surface area (Å²) in [5.74, 6) is -0.369. The molecule has 8 heteroatoms. The van der Waals surface area contributed by atoms with Crippen molar-refractivity contribution in [2.75, 3.05) is 25.0 Å². The Morgan fingerprint density at radius 2 is 1.76 bits per heavy atom. The molecule has 3 amide bonds. The fourth-order valence-electron chi connectivity index (χ4n) is 2.70. The normalized spacial score (nSPS) is 14.2. The molecule has 1 heterocycles. The maximum atomic E-state index is 12.0. The van der Waals surface area contributed by atoms with Crippen LogP contribution < -0.4 is 21.7 Å². The number of piperidine rings is 1. The number of halogens is 1. The van der Waals surface area contributed by atoms with Gasteiger partial charge < -0.3 is 21.7 Å². The highest BCUT2D eigenvalue weighted by molar-refractivity contribution is 5.97. The van der Waals surface area contributed by atoms with Gasteiger partial charge in [0.2, 0.25) is 11.8 Å². The van der Waals surface area contributed by atoms with Crippen molar-refractivity contribution in [2.45, 2.75) is 25.7 Å². The summed E-state index contributed by atoms with van der Waals surface area (Å²) in [4.78, 5) is 34.4. The van der Waals surface area contributed by atoms with Crippen molar-refractivity contribution in [1.29, 1.82) is 0 Å². The molecule has 1 aliphatic heterocycles. The van der Waals surface area contributed by atoms with Gasteiger partial charge in [-0.1, -0.05) is 0 Å².